The van der Waals surface area contributed by atoms with E-state index in [4.69, 9.17) is 4.21 Å². The van der Waals surface area contributed by atoms with Gasteiger partial charge in [0.15, 0.2) is 0 Å². The molecule has 0 unspecified atom stereocenters. The van der Waals surface area contributed by atoms with Gasteiger partial charge in [0.2, 0.25) is 0 Å². The van der Waals surface area contributed by atoms with Crippen LogP contribution in [0.15, 0.2) is 161 Å². The molecule has 0 aromatic heterocycles. The number of allylic oxidation sites excluding steroid dienone is 4. The summed E-state index contributed by atoms with van der Waals surface area (Å²) in [6.07, 6.45) is 9.07. The van der Waals surface area contributed by atoms with Crippen LogP contribution in [0, 0.1) is 0 Å². The summed E-state index contributed by atoms with van der Waals surface area (Å²) >= 11 is -5.07. The van der Waals surface area contributed by atoms with Crippen LogP contribution >= 0.6 is 24.8 Å². The van der Waals surface area contributed by atoms with Crippen molar-refractivity contribution in [2.45, 2.75) is 86.3 Å². The minimum absolute atomic E-state index is 0. The van der Waals surface area contributed by atoms with Crippen LogP contribution in [0.5, 0.6) is 0 Å². The third-order valence-corrected chi connectivity index (χ3v) is 33.8. The molecule has 0 amide bonds. The molecule has 2 aliphatic rings. The van der Waals surface area contributed by atoms with Gasteiger partial charge < -0.3 is 0 Å². The van der Waals surface area contributed by atoms with Crippen molar-refractivity contribution >= 4 is 32.3 Å². The zero-order valence-corrected chi connectivity index (χ0v) is 39.7. The molecule has 0 heterocycles. The third-order valence-electron chi connectivity index (χ3n) is 13.7. The summed E-state index contributed by atoms with van der Waals surface area (Å²) in [6, 6.07) is 52.9. The van der Waals surface area contributed by atoms with Gasteiger partial charge in [-0.25, -0.2) is 0 Å². The van der Waals surface area contributed by atoms with Gasteiger partial charge in [-0.3, -0.25) is 0 Å². The Kier molecular flexibility index (Phi) is 12.0. The normalized spacial score (nSPS) is 13.9. The van der Waals surface area contributed by atoms with Crippen molar-refractivity contribution in [3.05, 3.63) is 194 Å². The first kappa shape index (κ1) is 43.7. The minimum atomic E-state index is -5.07. The predicted octanol–water partition coefficient (Wildman–Crippen LogP) is 14.8. The zero-order chi connectivity index (χ0) is 39.5. The summed E-state index contributed by atoms with van der Waals surface area (Å²) in [6.45, 7) is 19.5. The summed E-state index contributed by atoms with van der Waals surface area (Å²) in [7, 11) is 0. The molecule has 0 atom stereocenters. The van der Waals surface area contributed by atoms with Gasteiger partial charge in [0, 0.05) is 0 Å². The maximum absolute atomic E-state index is 6.07. The Morgan fingerprint density at radius 3 is 1.62 bits per heavy atom. The molecule has 6 aromatic carbocycles. The molecule has 6 aromatic rings. The van der Waals surface area contributed by atoms with Crippen molar-refractivity contribution in [2.75, 3.05) is 0 Å². The Balaban J connectivity index is 0.00000283. The number of fused-ring (bicyclic) bond motifs is 3. The SMILES string of the molecule is Cl.Cl.[CH2]=[Zr]([CH2]c1ccccc1)([C]1=CC=CC1)([c]1c2c(cc(C(C)(C)C)c1-c1ccccc1)-c1cc(C(C)(C)C)c(-c3ccccc3)cc1C2)[C](C)(C)c1ccccc1. The first-order chi connectivity index (χ1) is 26.6. The molecule has 58 heavy (non-hydrogen) atoms. The van der Waals surface area contributed by atoms with E-state index in [0.717, 1.165) is 17.0 Å². The summed E-state index contributed by atoms with van der Waals surface area (Å²) in [5.74, 6) is 0. The predicted molar refractivity (Wildman–Crippen MR) is 256 cm³/mol. The topological polar surface area (TPSA) is 0 Å². The molecule has 0 spiro atoms. The molecule has 3 heteroatoms. The quantitative estimate of drug-likeness (QED) is 0.143. The van der Waals surface area contributed by atoms with Gasteiger partial charge in [0.05, 0.1) is 0 Å². The van der Waals surface area contributed by atoms with Crippen molar-refractivity contribution in [1.29, 1.82) is 0 Å². The van der Waals surface area contributed by atoms with Crippen molar-refractivity contribution in [3.63, 3.8) is 0 Å². The van der Waals surface area contributed by atoms with E-state index in [1.165, 1.54) is 66.8 Å². The Hall–Kier alpha value is -3.87. The van der Waals surface area contributed by atoms with Crippen LogP contribution in [0.1, 0.15) is 95.2 Å². The number of hydrogen-bond acceptors (Lipinski definition) is 0. The van der Waals surface area contributed by atoms with E-state index in [2.05, 4.69) is 213 Å². The van der Waals surface area contributed by atoms with Gasteiger partial charge in [-0.05, 0) is 0 Å². The Morgan fingerprint density at radius 2 is 1.09 bits per heavy atom. The van der Waals surface area contributed by atoms with E-state index in [0.29, 0.717) is 0 Å². The summed E-state index contributed by atoms with van der Waals surface area (Å²) in [4.78, 5) is 0. The van der Waals surface area contributed by atoms with Crippen LogP contribution < -0.4 is 3.27 Å². The van der Waals surface area contributed by atoms with E-state index in [9.17, 15) is 0 Å². The average Bonchev–Trinajstić information content (AvgIpc) is 3.87. The Morgan fingerprint density at radius 1 is 0.569 bits per heavy atom. The van der Waals surface area contributed by atoms with Gasteiger partial charge in [-0.15, -0.1) is 24.8 Å². The van der Waals surface area contributed by atoms with Crippen LogP contribution in [0.25, 0.3) is 33.4 Å². The number of benzene rings is 6. The van der Waals surface area contributed by atoms with E-state index in [-0.39, 0.29) is 38.8 Å². The molecule has 8 rings (SSSR count). The van der Waals surface area contributed by atoms with E-state index >= 15 is 0 Å². The molecule has 0 N–H and O–H groups in total. The standard InChI is InChI=1S/C33H33.C9H11.C7H7.C5H5.CH2.2ClH.Zr/c1-32(2,3)30-20-26-24(18-28(30)22-13-9-7-10-14-22)17-25-19-29(23-15-11-8-12-16-23)31(21-27(25)26)33(4,5)6;1-8(2)9-6-4-3-5-7-9;1-7-5-3-2-4-6-7;1-2-4-5-3-1;;;;/h7-16,18,20-21H,17H2,1-6H3;3-7H,1-2H3;2-6H,1H2;1-3H,4H2;1H2;2*1H;. The zero-order valence-electron chi connectivity index (χ0n) is 35.7. The van der Waals surface area contributed by atoms with Crippen LogP contribution in [-0.4, -0.2) is 4.21 Å². The fourth-order valence-electron chi connectivity index (χ4n) is 10.5. The van der Waals surface area contributed by atoms with Gasteiger partial charge in [0.1, 0.15) is 0 Å². The van der Waals surface area contributed by atoms with Crippen LogP contribution in [-0.2, 0) is 42.8 Å². The second kappa shape index (κ2) is 16.0. The molecule has 0 saturated heterocycles. The second-order valence-corrected chi connectivity index (χ2v) is 34.4. The molecule has 0 fully saturated rings. The van der Waals surface area contributed by atoms with Crippen molar-refractivity contribution in [1.82, 2.24) is 0 Å². The molecular weight excluding hydrogens is 823 g/mol. The molecule has 0 radical (unpaired) electrons. The van der Waals surface area contributed by atoms with E-state index < -0.39 is 18.3 Å². The Labute approximate surface area is 362 Å². The fourth-order valence-corrected chi connectivity index (χ4v) is 29.0. The average molecular weight is 883 g/mol. The molecule has 0 bridgehead atoms. The van der Waals surface area contributed by atoms with Crippen LogP contribution in [0.4, 0.5) is 0 Å². The van der Waals surface area contributed by atoms with Gasteiger partial charge in [-0.1, -0.05) is 0 Å². The number of halogens is 2. The number of rotatable bonds is 8. The maximum atomic E-state index is 6.07. The summed E-state index contributed by atoms with van der Waals surface area (Å²) in [5.41, 5.74) is 16.5. The van der Waals surface area contributed by atoms with Gasteiger partial charge >= 0.3 is 340 Å². The van der Waals surface area contributed by atoms with Gasteiger partial charge in [0.25, 0.3) is 0 Å². The monoisotopic (exact) mass is 880 g/mol. The molecule has 298 valence electrons. The molecule has 2 aliphatic carbocycles. The van der Waals surface area contributed by atoms with Crippen molar-refractivity contribution < 1.29 is 18.3 Å². The summed E-state index contributed by atoms with van der Waals surface area (Å²) in [5, 5.41) is 0. The van der Waals surface area contributed by atoms with Gasteiger partial charge in [-0.2, -0.15) is 0 Å². The van der Waals surface area contributed by atoms with E-state index in [1.807, 2.05) is 0 Å². The van der Waals surface area contributed by atoms with Crippen LogP contribution in [0.3, 0.4) is 0 Å². The van der Waals surface area contributed by atoms with Crippen LogP contribution in [0.2, 0.25) is 0 Å². The third kappa shape index (κ3) is 7.04. The molecule has 0 aliphatic heterocycles. The van der Waals surface area contributed by atoms with Crippen molar-refractivity contribution in [3.8, 4) is 33.4 Å². The molecule has 0 saturated carbocycles. The second-order valence-electron chi connectivity index (χ2n) is 19.3. The first-order valence-electron chi connectivity index (χ1n) is 20.6. The first-order valence-corrected chi connectivity index (χ1v) is 27.8. The molecular formula is C55H60Cl2Zr. The number of hydrogen-bond donors (Lipinski definition) is 0. The van der Waals surface area contributed by atoms with E-state index in [1.54, 1.807) is 6.55 Å². The fraction of sp³-hybridized carbons (Fsp3) is 0.255. The Bertz CT molecular complexity index is 2570. The molecule has 0 nitrogen and oxygen atoms in total. The summed E-state index contributed by atoms with van der Waals surface area (Å²) < 4.78 is 9.93. The van der Waals surface area contributed by atoms with Crippen molar-refractivity contribution in [2.24, 2.45) is 0 Å².